The van der Waals surface area contributed by atoms with Gasteiger partial charge in [-0.2, -0.15) is 0 Å². The first-order valence-corrected chi connectivity index (χ1v) is 5.66. The van der Waals surface area contributed by atoms with E-state index in [1.807, 2.05) is 0 Å². The molecule has 0 saturated carbocycles. The number of nitrogens with one attached hydrogen (secondary N) is 1. The lowest BCUT2D eigenvalue weighted by Gasteiger charge is -1.95. The van der Waals surface area contributed by atoms with Gasteiger partial charge < -0.3 is 10.1 Å². The molecule has 0 fully saturated rings. The van der Waals surface area contributed by atoms with Gasteiger partial charge in [-0.3, -0.25) is 9.59 Å². The molecule has 0 aliphatic carbocycles. The van der Waals surface area contributed by atoms with Crippen LogP contribution in [0, 0.1) is 0 Å². The molecule has 0 aromatic carbocycles. The van der Waals surface area contributed by atoms with E-state index in [1.54, 1.807) is 6.08 Å². The van der Waals surface area contributed by atoms with Gasteiger partial charge in [0, 0.05) is 12.7 Å². The van der Waals surface area contributed by atoms with E-state index in [1.165, 1.54) is 24.8 Å². The van der Waals surface area contributed by atoms with Crippen LogP contribution in [0.5, 0.6) is 5.88 Å². The zero-order valence-electron chi connectivity index (χ0n) is 8.77. The molecular weight excluding hydrogens is 228 g/mol. The van der Waals surface area contributed by atoms with Crippen LogP contribution in [0.3, 0.4) is 0 Å². The van der Waals surface area contributed by atoms with Crippen LogP contribution in [0.15, 0.2) is 17.2 Å². The van der Waals surface area contributed by atoms with Crippen LogP contribution in [0.2, 0.25) is 0 Å². The molecule has 86 valence electrons. The van der Waals surface area contributed by atoms with Crippen molar-refractivity contribution in [3.63, 3.8) is 0 Å². The Labute approximate surface area is 96.6 Å². The summed E-state index contributed by atoms with van der Waals surface area (Å²) >= 11 is 1.22. The first kappa shape index (κ1) is 12.5. The van der Waals surface area contributed by atoms with E-state index < -0.39 is 0 Å². The fourth-order valence-corrected chi connectivity index (χ4v) is 1.56. The van der Waals surface area contributed by atoms with Gasteiger partial charge in [0.15, 0.2) is 5.12 Å². The highest BCUT2D eigenvalue weighted by atomic mass is 32.2. The Morgan fingerprint density at radius 1 is 1.69 bits per heavy atom. The minimum Gasteiger partial charge on any atom is -0.493 e. The molecule has 1 aromatic heterocycles. The third kappa shape index (κ3) is 3.90. The van der Waals surface area contributed by atoms with Crippen LogP contribution in [-0.2, 0) is 4.79 Å². The molecule has 0 amide bonds. The SMILES string of the molecule is CC(=O)SCCC=Cc1c(O)nc[nH]c1=O. The van der Waals surface area contributed by atoms with Crippen molar-refractivity contribution in [1.82, 2.24) is 9.97 Å². The van der Waals surface area contributed by atoms with Crippen molar-refractivity contribution >= 4 is 23.0 Å². The number of hydrogen-bond acceptors (Lipinski definition) is 5. The van der Waals surface area contributed by atoms with Crippen molar-refractivity contribution in [2.75, 3.05) is 5.75 Å². The lowest BCUT2D eigenvalue weighted by Crippen LogP contribution is -2.09. The van der Waals surface area contributed by atoms with Crippen molar-refractivity contribution in [3.05, 3.63) is 28.3 Å². The van der Waals surface area contributed by atoms with Gasteiger partial charge in [-0.05, 0) is 12.5 Å². The highest BCUT2D eigenvalue weighted by Gasteiger charge is 2.02. The standard InChI is InChI=1S/C10H12N2O3S/c1-7(13)16-5-3-2-4-8-9(14)11-6-12-10(8)15/h2,4,6H,3,5H2,1H3,(H2,11,12,14,15). The number of H-pyrrole nitrogens is 1. The summed E-state index contributed by atoms with van der Waals surface area (Å²) < 4.78 is 0. The maximum Gasteiger partial charge on any atom is 0.261 e. The molecule has 0 spiro atoms. The first-order valence-electron chi connectivity index (χ1n) is 4.68. The third-order valence-electron chi connectivity index (χ3n) is 1.74. The van der Waals surface area contributed by atoms with Gasteiger partial charge in [-0.25, -0.2) is 4.98 Å². The monoisotopic (exact) mass is 240 g/mol. The Bertz CT molecular complexity index is 454. The van der Waals surface area contributed by atoms with E-state index in [4.69, 9.17) is 0 Å². The van der Waals surface area contributed by atoms with Crippen LogP contribution in [0.1, 0.15) is 18.9 Å². The summed E-state index contributed by atoms with van der Waals surface area (Å²) in [6, 6.07) is 0. The smallest absolute Gasteiger partial charge is 0.261 e. The molecule has 0 atom stereocenters. The van der Waals surface area contributed by atoms with E-state index in [-0.39, 0.29) is 22.1 Å². The van der Waals surface area contributed by atoms with Gasteiger partial charge in [-0.15, -0.1) is 0 Å². The first-order chi connectivity index (χ1) is 7.61. The molecule has 0 aliphatic rings. The van der Waals surface area contributed by atoms with Gasteiger partial charge >= 0.3 is 0 Å². The fourth-order valence-electron chi connectivity index (χ4n) is 1.02. The quantitative estimate of drug-likeness (QED) is 0.771. The maximum atomic E-state index is 11.2. The summed E-state index contributed by atoms with van der Waals surface area (Å²) in [5.41, 5.74) is -0.252. The van der Waals surface area contributed by atoms with Gasteiger partial charge in [0.2, 0.25) is 5.88 Å². The molecular formula is C10H12N2O3S. The number of nitrogens with zero attached hydrogens (tertiary/aromatic N) is 1. The van der Waals surface area contributed by atoms with Gasteiger partial charge in [0.05, 0.1) is 6.33 Å². The van der Waals surface area contributed by atoms with Crippen LogP contribution in [-0.4, -0.2) is 25.9 Å². The normalized spacial score (nSPS) is 10.8. The number of aromatic nitrogens is 2. The van der Waals surface area contributed by atoms with Crippen LogP contribution < -0.4 is 5.56 Å². The Kier molecular flexibility index (Phi) is 4.78. The van der Waals surface area contributed by atoms with Crippen LogP contribution in [0.4, 0.5) is 0 Å². The number of aromatic amines is 1. The fraction of sp³-hybridized carbons (Fsp3) is 0.300. The molecule has 5 nitrogen and oxygen atoms in total. The Hall–Kier alpha value is -1.56. The summed E-state index contributed by atoms with van der Waals surface area (Å²) in [6.07, 6.45) is 5.02. The summed E-state index contributed by atoms with van der Waals surface area (Å²) in [4.78, 5) is 27.8. The van der Waals surface area contributed by atoms with E-state index in [2.05, 4.69) is 9.97 Å². The van der Waals surface area contributed by atoms with Crippen molar-refractivity contribution in [1.29, 1.82) is 0 Å². The van der Waals surface area contributed by atoms with Crippen molar-refractivity contribution in [2.24, 2.45) is 0 Å². The molecule has 0 aliphatic heterocycles. The van der Waals surface area contributed by atoms with E-state index in [9.17, 15) is 14.7 Å². The second-order valence-electron chi connectivity index (χ2n) is 3.00. The summed E-state index contributed by atoms with van der Waals surface area (Å²) in [5.74, 6) is 0.365. The molecule has 1 aromatic rings. The third-order valence-corrected chi connectivity index (χ3v) is 2.59. The summed E-state index contributed by atoms with van der Waals surface area (Å²) in [5, 5.41) is 9.36. The second kappa shape index (κ2) is 6.12. The lowest BCUT2D eigenvalue weighted by molar-refractivity contribution is -0.109. The molecule has 1 heterocycles. The Balaban J connectivity index is 2.56. The zero-order chi connectivity index (χ0) is 12.0. The van der Waals surface area contributed by atoms with E-state index in [0.29, 0.717) is 12.2 Å². The largest absolute Gasteiger partial charge is 0.493 e. The van der Waals surface area contributed by atoms with Crippen molar-refractivity contribution in [3.8, 4) is 5.88 Å². The zero-order valence-corrected chi connectivity index (χ0v) is 9.58. The minimum atomic E-state index is -0.386. The topological polar surface area (TPSA) is 83.0 Å². The predicted octanol–water partition coefficient (Wildman–Crippen LogP) is 1.16. The van der Waals surface area contributed by atoms with Gasteiger partial charge in [0.25, 0.3) is 5.56 Å². The highest BCUT2D eigenvalue weighted by molar-refractivity contribution is 8.13. The number of thioether (sulfide) groups is 1. The van der Waals surface area contributed by atoms with Crippen molar-refractivity contribution < 1.29 is 9.90 Å². The Morgan fingerprint density at radius 2 is 2.44 bits per heavy atom. The number of rotatable bonds is 4. The molecule has 1 rings (SSSR count). The molecule has 0 unspecified atom stereocenters. The summed E-state index contributed by atoms with van der Waals surface area (Å²) in [6.45, 7) is 1.51. The second-order valence-corrected chi connectivity index (χ2v) is 4.27. The van der Waals surface area contributed by atoms with Gasteiger partial charge in [-0.1, -0.05) is 17.8 Å². The average Bonchev–Trinajstić information content (AvgIpc) is 2.21. The van der Waals surface area contributed by atoms with Gasteiger partial charge in [0.1, 0.15) is 5.56 Å². The van der Waals surface area contributed by atoms with E-state index >= 15 is 0 Å². The molecule has 2 N–H and O–H groups in total. The minimum absolute atomic E-state index is 0.0653. The number of carbonyl (C=O) groups excluding carboxylic acids is 1. The van der Waals surface area contributed by atoms with Crippen LogP contribution >= 0.6 is 11.8 Å². The highest BCUT2D eigenvalue weighted by Crippen LogP contribution is 2.10. The molecule has 6 heteroatoms. The molecule has 16 heavy (non-hydrogen) atoms. The number of aromatic hydroxyl groups is 1. The predicted molar refractivity (Wildman–Crippen MR) is 63.3 cm³/mol. The number of carbonyl (C=O) groups is 1. The number of hydrogen-bond donors (Lipinski definition) is 2. The van der Waals surface area contributed by atoms with Crippen LogP contribution in [0.25, 0.3) is 6.08 Å². The van der Waals surface area contributed by atoms with Crippen molar-refractivity contribution in [2.45, 2.75) is 13.3 Å². The Morgan fingerprint density at radius 3 is 3.06 bits per heavy atom. The summed E-state index contributed by atoms with van der Waals surface area (Å²) in [7, 11) is 0. The molecule has 0 bridgehead atoms. The molecule has 0 saturated heterocycles. The average molecular weight is 240 g/mol. The maximum absolute atomic E-state index is 11.2. The number of allylic oxidation sites excluding steroid dienone is 1. The van der Waals surface area contributed by atoms with E-state index in [0.717, 1.165) is 6.33 Å². The lowest BCUT2D eigenvalue weighted by atomic mass is 10.2. The molecule has 0 radical (unpaired) electrons.